The van der Waals surface area contributed by atoms with Crippen molar-refractivity contribution in [3.63, 3.8) is 0 Å². The van der Waals surface area contributed by atoms with E-state index in [0.717, 1.165) is 35.2 Å². The Morgan fingerprint density at radius 2 is 2.21 bits per heavy atom. The second-order valence-electron chi connectivity index (χ2n) is 5.00. The summed E-state index contributed by atoms with van der Waals surface area (Å²) in [6.45, 7) is 0.550. The van der Waals surface area contributed by atoms with Gasteiger partial charge in [0.1, 0.15) is 11.6 Å². The Hall–Kier alpha value is -1.81. The minimum atomic E-state index is -0.275. The lowest BCUT2D eigenvalue weighted by Gasteiger charge is -2.13. The lowest BCUT2D eigenvalue weighted by molar-refractivity contribution is 0.164. The smallest absolute Gasteiger partial charge is 0.134 e. The minimum Gasteiger partial charge on any atom is -0.496 e. The minimum absolute atomic E-state index is 0.275. The van der Waals surface area contributed by atoms with Crippen LogP contribution in [0.4, 0.5) is 5.82 Å². The lowest BCUT2D eigenvalue weighted by Crippen LogP contribution is -2.21. The number of pyridine rings is 1. The van der Waals surface area contributed by atoms with Gasteiger partial charge in [-0.05, 0) is 30.9 Å². The first-order valence-electron chi connectivity index (χ1n) is 6.63. The maximum atomic E-state index is 9.91. The van der Waals surface area contributed by atoms with Crippen LogP contribution in [0.2, 0.25) is 0 Å². The number of aliphatic hydroxyl groups excluding tert-OH is 1. The summed E-state index contributed by atoms with van der Waals surface area (Å²) < 4.78 is 5.35. The highest BCUT2D eigenvalue weighted by Gasteiger charge is 2.29. The van der Waals surface area contributed by atoms with Crippen LogP contribution in [0.3, 0.4) is 0 Å². The van der Waals surface area contributed by atoms with E-state index >= 15 is 0 Å². The molecule has 2 aromatic rings. The highest BCUT2D eigenvalue weighted by atomic mass is 16.5. The molecule has 0 radical (unpaired) electrons. The fraction of sp³-hybridized carbons (Fsp3) is 0.400. The number of fused-ring (bicyclic) bond motifs is 1. The molecule has 100 valence electrons. The summed E-state index contributed by atoms with van der Waals surface area (Å²) in [6.07, 6.45) is 3.76. The van der Waals surface area contributed by atoms with Crippen molar-refractivity contribution in [1.29, 1.82) is 0 Å². The monoisotopic (exact) mass is 258 g/mol. The normalized spacial score (nSPS) is 16.3. The molecule has 1 fully saturated rings. The number of nitrogens with zero attached hydrogens (tertiary/aromatic N) is 1. The lowest BCUT2D eigenvalue weighted by atomic mass is 10.1. The van der Waals surface area contributed by atoms with E-state index in [1.165, 1.54) is 0 Å². The maximum absolute atomic E-state index is 9.91. The first-order chi connectivity index (χ1) is 9.29. The Bertz CT molecular complexity index is 581. The van der Waals surface area contributed by atoms with Gasteiger partial charge in [-0.1, -0.05) is 12.1 Å². The average Bonchev–Trinajstić information content (AvgIpc) is 3.28. The molecule has 1 heterocycles. The molecule has 0 aliphatic heterocycles. The van der Waals surface area contributed by atoms with E-state index in [2.05, 4.69) is 10.3 Å². The van der Waals surface area contributed by atoms with Gasteiger partial charge in [0.15, 0.2) is 0 Å². The van der Waals surface area contributed by atoms with Gasteiger partial charge in [0.25, 0.3) is 0 Å². The topological polar surface area (TPSA) is 54.4 Å². The van der Waals surface area contributed by atoms with Crippen LogP contribution in [0.1, 0.15) is 12.8 Å². The highest BCUT2D eigenvalue weighted by Crippen LogP contribution is 2.33. The number of nitrogens with one attached hydrogen (secondary N) is 1. The summed E-state index contributed by atoms with van der Waals surface area (Å²) in [5, 5.41) is 15.2. The third-order valence-electron chi connectivity index (χ3n) is 3.63. The molecule has 0 amide bonds. The van der Waals surface area contributed by atoms with Crippen molar-refractivity contribution in [3.8, 4) is 5.75 Å². The molecule has 19 heavy (non-hydrogen) atoms. The van der Waals surface area contributed by atoms with Crippen LogP contribution in [-0.2, 0) is 0 Å². The third-order valence-corrected chi connectivity index (χ3v) is 3.63. The number of hydrogen-bond acceptors (Lipinski definition) is 4. The highest BCUT2D eigenvalue weighted by molar-refractivity contribution is 5.95. The van der Waals surface area contributed by atoms with E-state index in [4.69, 9.17) is 4.74 Å². The second kappa shape index (κ2) is 5.05. The number of aliphatic hydroxyl groups is 1. The quantitative estimate of drug-likeness (QED) is 0.865. The Balaban J connectivity index is 1.86. The van der Waals surface area contributed by atoms with Crippen molar-refractivity contribution in [2.45, 2.75) is 18.9 Å². The fourth-order valence-corrected chi connectivity index (χ4v) is 2.35. The van der Waals surface area contributed by atoms with Crippen LogP contribution in [0.25, 0.3) is 10.8 Å². The molecule has 1 atom stereocenters. The van der Waals surface area contributed by atoms with Gasteiger partial charge in [-0.25, -0.2) is 4.98 Å². The SMILES string of the molecule is COc1cccc2c(NCC(O)C3CC3)nccc12. The molecule has 3 rings (SSSR count). The number of rotatable bonds is 5. The van der Waals surface area contributed by atoms with E-state index in [0.29, 0.717) is 12.5 Å². The number of hydrogen-bond donors (Lipinski definition) is 2. The van der Waals surface area contributed by atoms with Crippen LogP contribution in [0, 0.1) is 5.92 Å². The Labute approximate surface area is 112 Å². The zero-order chi connectivity index (χ0) is 13.2. The fourth-order valence-electron chi connectivity index (χ4n) is 2.35. The Kier molecular flexibility index (Phi) is 3.25. The molecule has 2 N–H and O–H groups in total. The van der Waals surface area contributed by atoms with Gasteiger partial charge in [0.2, 0.25) is 0 Å². The predicted molar refractivity (Wildman–Crippen MR) is 75.5 cm³/mol. The summed E-state index contributed by atoms with van der Waals surface area (Å²) >= 11 is 0. The number of methoxy groups -OCH3 is 1. The van der Waals surface area contributed by atoms with Gasteiger partial charge in [0, 0.05) is 23.5 Å². The van der Waals surface area contributed by atoms with Crippen LogP contribution < -0.4 is 10.1 Å². The van der Waals surface area contributed by atoms with E-state index < -0.39 is 0 Å². The van der Waals surface area contributed by atoms with Crippen LogP contribution >= 0.6 is 0 Å². The molecule has 1 aromatic carbocycles. The molecular formula is C15H18N2O2. The van der Waals surface area contributed by atoms with Gasteiger partial charge in [0.05, 0.1) is 13.2 Å². The van der Waals surface area contributed by atoms with Crippen LogP contribution in [-0.4, -0.2) is 29.8 Å². The molecular weight excluding hydrogens is 240 g/mol. The maximum Gasteiger partial charge on any atom is 0.134 e. The van der Waals surface area contributed by atoms with Gasteiger partial charge >= 0.3 is 0 Å². The molecule has 1 aliphatic carbocycles. The molecule has 1 saturated carbocycles. The molecule has 1 aliphatic rings. The number of benzene rings is 1. The molecule has 4 heteroatoms. The van der Waals surface area contributed by atoms with Crippen LogP contribution in [0.15, 0.2) is 30.5 Å². The summed E-state index contributed by atoms with van der Waals surface area (Å²) in [7, 11) is 1.67. The summed E-state index contributed by atoms with van der Waals surface area (Å²) in [4.78, 5) is 4.36. The van der Waals surface area contributed by atoms with E-state index in [-0.39, 0.29) is 6.10 Å². The van der Waals surface area contributed by atoms with Gasteiger partial charge in [-0.3, -0.25) is 0 Å². The average molecular weight is 258 g/mol. The predicted octanol–water partition coefficient (Wildman–Crippen LogP) is 2.43. The van der Waals surface area contributed by atoms with E-state index in [9.17, 15) is 5.11 Å². The van der Waals surface area contributed by atoms with E-state index in [1.54, 1.807) is 13.3 Å². The summed E-state index contributed by atoms with van der Waals surface area (Å²) in [5.41, 5.74) is 0. The summed E-state index contributed by atoms with van der Waals surface area (Å²) in [6, 6.07) is 7.84. The first kappa shape index (κ1) is 12.2. The molecule has 4 nitrogen and oxygen atoms in total. The Morgan fingerprint density at radius 3 is 2.95 bits per heavy atom. The molecule has 1 unspecified atom stereocenters. The van der Waals surface area contributed by atoms with Crippen molar-refractivity contribution in [3.05, 3.63) is 30.5 Å². The largest absolute Gasteiger partial charge is 0.496 e. The molecule has 0 saturated heterocycles. The Morgan fingerprint density at radius 1 is 1.37 bits per heavy atom. The van der Waals surface area contributed by atoms with Crippen molar-refractivity contribution in [2.75, 3.05) is 19.0 Å². The van der Waals surface area contributed by atoms with Crippen molar-refractivity contribution in [2.24, 2.45) is 5.92 Å². The molecule has 0 bridgehead atoms. The van der Waals surface area contributed by atoms with Gasteiger partial charge < -0.3 is 15.2 Å². The first-order valence-corrected chi connectivity index (χ1v) is 6.63. The van der Waals surface area contributed by atoms with Crippen molar-refractivity contribution in [1.82, 2.24) is 4.98 Å². The van der Waals surface area contributed by atoms with E-state index in [1.807, 2.05) is 24.3 Å². The van der Waals surface area contributed by atoms with Crippen molar-refractivity contribution < 1.29 is 9.84 Å². The van der Waals surface area contributed by atoms with Gasteiger partial charge in [-0.15, -0.1) is 0 Å². The second-order valence-corrected chi connectivity index (χ2v) is 5.00. The number of aromatic nitrogens is 1. The van der Waals surface area contributed by atoms with Crippen LogP contribution in [0.5, 0.6) is 5.75 Å². The molecule has 0 spiro atoms. The zero-order valence-electron chi connectivity index (χ0n) is 11.0. The third kappa shape index (κ3) is 2.49. The standard InChI is InChI=1S/C15H18N2O2/c1-19-14-4-2-3-12-11(14)7-8-16-15(12)17-9-13(18)10-5-6-10/h2-4,7-8,10,13,18H,5-6,9H2,1H3,(H,16,17). The van der Waals surface area contributed by atoms with Crippen molar-refractivity contribution >= 4 is 16.6 Å². The number of anilines is 1. The summed E-state index contributed by atoms with van der Waals surface area (Å²) in [5.74, 6) is 2.11. The molecule has 1 aromatic heterocycles. The zero-order valence-corrected chi connectivity index (χ0v) is 11.0. The number of ether oxygens (including phenoxy) is 1. The van der Waals surface area contributed by atoms with Gasteiger partial charge in [-0.2, -0.15) is 0 Å².